The molecular weight excluding hydrogens is 294 g/mol. The summed E-state index contributed by atoms with van der Waals surface area (Å²) in [7, 11) is 0. The van der Waals surface area contributed by atoms with Gasteiger partial charge < -0.3 is 0 Å². The number of ketones is 1. The minimum Gasteiger partial charge on any atom is -0.294 e. The van der Waals surface area contributed by atoms with Gasteiger partial charge in [-0.05, 0) is 43.2 Å². The number of carbonyl (C=O) groups excluding carboxylic acids is 1. The summed E-state index contributed by atoms with van der Waals surface area (Å²) in [6, 6.07) is 8.20. The molecule has 0 unspecified atom stereocenters. The molecule has 0 bridgehead atoms. The predicted molar refractivity (Wildman–Crippen MR) is 91.9 cm³/mol. The number of hydrogen-bond acceptors (Lipinski definition) is 2. The van der Waals surface area contributed by atoms with Gasteiger partial charge in [-0.2, -0.15) is 0 Å². The molecule has 2 aliphatic rings. The Bertz CT molecular complexity index is 732. The highest BCUT2D eigenvalue weighted by molar-refractivity contribution is 6.03. The van der Waals surface area contributed by atoms with E-state index in [4.69, 9.17) is 4.98 Å². The van der Waals surface area contributed by atoms with Crippen LogP contribution in [0.25, 0.3) is 10.9 Å². The first-order valence-corrected chi connectivity index (χ1v) is 8.10. The van der Waals surface area contributed by atoms with Crippen LogP contribution in [0.15, 0.2) is 24.3 Å². The monoisotopic (exact) mass is 315 g/mol. The molecule has 4 rings (SSSR count). The van der Waals surface area contributed by atoms with E-state index < -0.39 is 0 Å². The Hall–Kier alpha value is -1.41. The zero-order valence-corrected chi connectivity index (χ0v) is 13.8. The van der Waals surface area contributed by atoms with E-state index in [9.17, 15) is 4.79 Å². The summed E-state index contributed by atoms with van der Waals surface area (Å²) in [6.45, 7) is 2.08. The summed E-state index contributed by atoms with van der Waals surface area (Å²) in [5.74, 6) is 0.328. The fraction of sp³-hybridized carbons (Fsp3) is 0.474. The molecule has 0 N–H and O–H groups in total. The predicted octanol–water partition coefficient (Wildman–Crippen LogP) is 5.04. The first-order valence-electron chi connectivity index (χ1n) is 8.10. The van der Waals surface area contributed by atoms with Crippen LogP contribution in [0.3, 0.4) is 0 Å². The van der Waals surface area contributed by atoms with E-state index in [1.807, 2.05) is 12.1 Å². The third-order valence-electron chi connectivity index (χ3n) is 5.50. The van der Waals surface area contributed by atoms with Gasteiger partial charge >= 0.3 is 0 Å². The van der Waals surface area contributed by atoms with E-state index in [1.54, 1.807) is 0 Å². The molecule has 0 radical (unpaired) electrons. The number of carbonyl (C=O) groups is 1. The third-order valence-corrected chi connectivity index (χ3v) is 5.50. The van der Waals surface area contributed by atoms with Gasteiger partial charge in [0.1, 0.15) is 0 Å². The van der Waals surface area contributed by atoms with Gasteiger partial charge in [0, 0.05) is 17.4 Å². The maximum Gasteiger partial charge on any atom is 0.165 e. The molecule has 0 amide bonds. The Morgan fingerprint density at radius 1 is 1.05 bits per heavy atom. The average Bonchev–Trinajstić information content (AvgIpc) is 2.47. The molecule has 1 spiro atoms. The zero-order chi connectivity index (χ0) is 14.4. The fourth-order valence-corrected chi connectivity index (χ4v) is 4.44. The standard InChI is InChI=1S/C19H21NO.ClH/c1-13-14-7-3-4-8-15(14)20-16-11-19(9-5-2-6-10-19)12-17(21)18(13)16;/h3-4,7-8H,2,5-6,9-12H2,1H3;1H. The number of benzene rings is 1. The van der Waals surface area contributed by atoms with Crippen LogP contribution in [0.4, 0.5) is 0 Å². The van der Waals surface area contributed by atoms with Gasteiger partial charge in [0.15, 0.2) is 5.78 Å². The lowest BCUT2D eigenvalue weighted by molar-refractivity contribution is 0.0817. The summed E-state index contributed by atoms with van der Waals surface area (Å²) in [5, 5.41) is 1.13. The largest absolute Gasteiger partial charge is 0.294 e. The third kappa shape index (κ3) is 2.34. The Balaban J connectivity index is 0.00000144. The molecule has 22 heavy (non-hydrogen) atoms. The number of nitrogens with zero attached hydrogens (tertiary/aromatic N) is 1. The van der Waals surface area contributed by atoms with E-state index in [-0.39, 0.29) is 17.8 Å². The Labute approximate surface area is 137 Å². The molecule has 2 aromatic rings. The molecule has 2 nitrogen and oxygen atoms in total. The molecule has 0 atom stereocenters. The molecule has 1 saturated carbocycles. The van der Waals surface area contributed by atoms with Gasteiger partial charge in [-0.1, -0.05) is 37.5 Å². The summed E-state index contributed by atoms with van der Waals surface area (Å²) in [6.07, 6.45) is 8.01. The maximum atomic E-state index is 12.8. The van der Waals surface area contributed by atoms with E-state index in [0.717, 1.165) is 40.6 Å². The highest BCUT2D eigenvalue weighted by atomic mass is 35.5. The lowest BCUT2D eigenvalue weighted by atomic mass is 9.64. The van der Waals surface area contributed by atoms with Gasteiger partial charge in [-0.3, -0.25) is 9.78 Å². The Kier molecular flexibility index (Phi) is 3.98. The summed E-state index contributed by atoms with van der Waals surface area (Å²) in [4.78, 5) is 17.6. The second kappa shape index (κ2) is 5.66. The topological polar surface area (TPSA) is 30.0 Å². The summed E-state index contributed by atoms with van der Waals surface area (Å²) in [5.41, 5.74) is 4.36. The minimum absolute atomic E-state index is 0. The quantitative estimate of drug-likeness (QED) is 0.681. The van der Waals surface area contributed by atoms with Crippen LogP contribution in [0.2, 0.25) is 0 Å². The number of Topliss-reactive ketones (excluding diaryl/α,β-unsaturated/α-hetero) is 1. The number of hydrogen-bond donors (Lipinski definition) is 0. The Morgan fingerprint density at radius 2 is 1.77 bits per heavy atom. The van der Waals surface area contributed by atoms with Crippen LogP contribution >= 0.6 is 12.4 Å². The van der Waals surface area contributed by atoms with Gasteiger partial charge in [-0.15, -0.1) is 12.4 Å². The van der Waals surface area contributed by atoms with Crippen molar-refractivity contribution in [1.82, 2.24) is 4.98 Å². The van der Waals surface area contributed by atoms with Crippen molar-refractivity contribution in [3.8, 4) is 0 Å². The molecule has 1 aromatic heterocycles. The molecule has 116 valence electrons. The molecule has 2 aliphatic carbocycles. The highest BCUT2D eigenvalue weighted by Gasteiger charge is 2.40. The zero-order valence-electron chi connectivity index (χ0n) is 13.0. The number of para-hydroxylation sites is 1. The fourth-order valence-electron chi connectivity index (χ4n) is 4.44. The normalized spacial score (nSPS) is 19.8. The van der Waals surface area contributed by atoms with E-state index in [0.29, 0.717) is 5.78 Å². The molecule has 1 fully saturated rings. The van der Waals surface area contributed by atoms with E-state index in [1.165, 1.54) is 32.1 Å². The van der Waals surface area contributed by atoms with Crippen molar-refractivity contribution >= 4 is 29.1 Å². The second-order valence-corrected chi connectivity index (χ2v) is 6.91. The van der Waals surface area contributed by atoms with E-state index in [2.05, 4.69) is 19.1 Å². The lowest BCUT2D eigenvalue weighted by Crippen LogP contribution is -2.35. The molecule has 0 saturated heterocycles. The number of rotatable bonds is 0. The van der Waals surface area contributed by atoms with Crippen molar-refractivity contribution in [1.29, 1.82) is 0 Å². The van der Waals surface area contributed by atoms with Crippen LogP contribution in [0.5, 0.6) is 0 Å². The first kappa shape index (κ1) is 15.5. The SMILES string of the molecule is Cc1c2c(nc3ccccc13)CC1(CCCCC1)CC2=O.Cl. The van der Waals surface area contributed by atoms with E-state index >= 15 is 0 Å². The van der Waals surface area contributed by atoms with Crippen LogP contribution in [-0.4, -0.2) is 10.8 Å². The van der Waals surface area contributed by atoms with Crippen LogP contribution in [0, 0.1) is 12.3 Å². The van der Waals surface area contributed by atoms with Crippen molar-refractivity contribution < 1.29 is 4.79 Å². The minimum atomic E-state index is 0. The van der Waals surface area contributed by atoms with Crippen molar-refractivity contribution in [3.63, 3.8) is 0 Å². The Morgan fingerprint density at radius 3 is 2.55 bits per heavy atom. The highest BCUT2D eigenvalue weighted by Crippen LogP contribution is 2.46. The van der Waals surface area contributed by atoms with Gasteiger partial charge in [-0.25, -0.2) is 0 Å². The van der Waals surface area contributed by atoms with Gasteiger partial charge in [0.05, 0.1) is 11.2 Å². The number of aryl methyl sites for hydroxylation is 1. The van der Waals surface area contributed by atoms with Crippen molar-refractivity contribution in [2.45, 2.75) is 51.9 Å². The average molecular weight is 316 g/mol. The molecule has 0 aliphatic heterocycles. The molecular formula is C19H22ClNO. The van der Waals surface area contributed by atoms with Crippen LogP contribution in [-0.2, 0) is 6.42 Å². The smallest absolute Gasteiger partial charge is 0.165 e. The second-order valence-electron chi connectivity index (χ2n) is 6.91. The van der Waals surface area contributed by atoms with Crippen molar-refractivity contribution in [3.05, 3.63) is 41.1 Å². The lowest BCUT2D eigenvalue weighted by Gasteiger charge is -2.40. The summed E-state index contributed by atoms with van der Waals surface area (Å²) >= 11 is 0. The summed E-state index contributed by atoms with van der Waals surface area (Å²) < 4.78 is 0. The van der Waals surface area contributed by atoms with Crippen molar-refractivity contribution in [2.24, 2.45) is 5.41 Å². The van der Waals surface area contributed by atoms with Crippen LogP contribution < -0.4 is 0 Å². The molecule has 1 heterocycles. The molecule has 1 aromatic carbocycles. The van der Waals surface area contributed by atoms with Gasteiger partial charge in [0.2, 0.25) is 0 Å². The van der Waals surface area contributed by atoms with Crippen molar-refractivity contribution in [2.75, 3.05) is 0 Å². The van der Waals surface area contributed by atoms with Gasteiger partial charge in [0.25, 0.3) is 0 Å². The molecule has 3 heteroatoms. The maximum absolute atomic E-state index is 12.8. The number of pyridine rings is 1. The number of halogens is 1. The first-order chi connectivity index (χ1) is 10.2. The van der Waals surface area contributed by atoms with Crippen LogP contribution in [0.1, 0.15) is 60.1 Å². The number of fused-ring (bicyclic) bond motifs is 2. The number of aromatic nitrogens is 1.